The van der Waals surface area contributed by atoms with E-state index in [1.807, 2.05) is 0 Å². The lowest BCUT2D eigenvalue weighted by Crippen LogP contribution is -2.14. The zero-order valence-electron chi connectivity index (χ0n) is 7.03. The van der Waals surface area contributed by atoms with Crippen LogP contribution in [0.4, 0.5) is 0 Å². The second-order valence-electron chi connectivity index (χ2n) is 2.61. The summed E-state index contributed by atoms with van der Waals surface area (Å²) in [7, 11) is 0. The molecule has 4 nitrogen and oxygen atoms in total. The van der Waals surface area contributed by atoms with Crippen LogP contribution in [0.5, 0.6) is 11.5 Å². The Morgan fingerprint density at radius 1 is 1.38 bits per heavy atom. The van der Waals surface area contributed by atoms with Gasteiger partial charge in [-0.2, -0.15) is 0 Å². The first-order valence-corrected chi connectivity index (χ1v) is 3.92. The number of carbonyl (C=O) groups excluding carboxylic acids is 1. The fourth-order valence-electron chi connectivity index (χ4n) is 1.05. The summed E-state index contributed by atoms with van der Waals surface area (Å²) in [6.07, 6.45) is 1.10. The smallest absolute Gasteiger partial charge is 0.207 e. The molecule has 0 saturated carbocycles. The molecule has 0 aliphatic rings. The molecule has 0 bridgehead atoms. The van der Waals surface area contributed by atoms with E-state index in [1.54, 1.807) is 12.1 Å². The monoisotopic (exact) mass is 181 g/mol. The molecule has 1 aromatic carbocycles. The van der Waals surface area contributed by atoms with Crippen LogP contribution in [0.25, 0.3) is 0 Å². The molecule has 0 unspecified atom stereocenters. The second kappa shape index (κ2) is 4.35. The summed E-state index contributed by atoms with van der Waals surface area (Å²) in [6.45, 7) is 0.445. The minimum absolute atomic E-state index is 0.116. The highest BCUT2D eigenvalue weighted by atomic mass is 16.3. The third-order valence-electron chi connectivity index (χ3n) is 1.72. The molecule has 0 fully saturated rings. The fourth-order valence-corrected chi connectivity index (χ4v) is 1.05. The fraction of sp³-hybridized carbons (Fsp3) is 0.222. The summed E-state index contributed by atoms with van der Waals surface area (Å²) in [5, 5.41) is 20.9. The zero-order valence-corrected chi connectivity index (χ0v) is 7.03. The highest BCUT2D eigenvalue weighted by Gasteiger charge is 2.04. The quantitative estimate of drug-likeness (QED) is 0.357. The average Bonchev–Trinajstić information content (AvgIpc) is 2.13. The highest BCUT2D eigenvalue weighted by Crippen LogP contribution is 2.28. The molecule has 1 aromatic rings. The molecule has 70 valence electrons. The third-order valence-corrected chi connectivity index (χ3v) is 1.72. The van der Waals surface area contributed by atoms with E-state index in [1.165, 1.54) is 6.07 Å². The van der Waals surface area contributed by atoms with Gasteiger partial charge in [0.25, 0.3) is 0 Å². The Hall–Kier alpha value is -1.71. The van der Waals surface area contributed by atoms with Crippen molar-refractivity contribution in [1.82, 2.24) is 5.32 Å². The van der Waals surface area contributed by atoms with Gasteiger partial charge in [-0.1, -0.05) is 12.1 Å². The Kier molecular flexibility index (Phi) is 3.14. The number of hydrogen-bond acceptors (Lipinski definition) is 3. The van der Waals surface area contributed by atoms with Crippen molar-refractivity contribution in [2.24, 2.45) is 0 Å². The maximum Gasteiger partial charge on any atom is 0.207 e. The number of phenols is 2. The van der Waals surface area contributed by atoms with Gasteiger partial charge in [-0.15, -0.1) is 0 Å². The van der Waals surface area contributed by atoms with Gasteiger partial charge in [-0.05, 0) is 18.1 Å². The Morgan fingerprint density at radius 2 is 2.15 bits per heavy atom. The predicted molar refractivity (Wildman–Crippen MR) is 47.5 cm³/mol. The normalized spacial score (nSPS) is 9.54. The minimum Gasteiger partial charge on any atom is -0.504 e. The molecule has 0 heterocycles. The van der Waals surface area contributed by atoms with E-state index in [2.05, 4.69) is 5.32 Å². The molecule has 0 aliphatic heterocycles. The van der Waals surface area contributed by atoms with Crippen LogP contribution in [0.3, 0.4) is 0 Å². The van der Waals surface area contributed by atoms with Crippen LogP contribution in [0.15, 0.2) is 18.2 Å². The van der Waals surface area contributed by atoms with E-state index < -0.39 is 0 Å². The van der Waals surface area contributed by atoms with E-state index in [4.69, 9.17) is 5.11 Å². The van der Waals surface area contributed by atoms with Crippen molar-refractivity contribution in [3.05, 3.63) is 23.8 Å². The summed E-state index contributed by atoms with van der Waals surface area (Å²) in [6, 6.07) is 4.75. The minimum atomic E-state index is -0.136. The summed E-state index contributed by atoms with van der Waals surface area (Å²) in [5.41, 5.74) is 0.620. The topological polar surface area (TPSA) is 69.6 Å². The number of benzene rings is 1. The van der Waals surface area contributed by atoms with Gasteiger partial charge in [0.15, 0.2) is 11.5 Å². The van der Waals surface area contributed by atoms with Crippen molar-refractivity contribution in [2.75, 3.05) is 6.54 Å². The van der Waals surface area contributed by atoms with Crippen molar-refractivity contribution >= 4 is 6.41 Å². The number of rotatable bonds is 4. The summed E-state index contributed by atoms with van der Waals surface area (Å²) in [5.74, 6) is -0.251. The van der Waals surface area contributed by atoms with Gasteiger partial charge >= 0.3 is 0 Å². The summed E-state index contributed by atoms with van der Waals surface area (Å²) in [4.78, 5) is 9.92. The molecule has 4 heteroatoms. The first-order valence-electron chi connectivity index (χ1n) is 3.92. The largest absolute Gasteiger partial charge is 0.504 e. The molecule has 0 aromatic heterocycles. The standard InChI is InChI=1S/C9H11NO3/c11-6-10-5-4-7-2-1-3-8(12)9(7)13/h1-3,6,12-13H,4-5H2,(H,10,11). The molecular weight excluding hydrogens is 170 g/mol. The Labute approximate surface area is 75.8 Å². The van der Waals surface area contributed by atoms with Crippen LogP contribution in [0, 0.1) is 0 Å². The van der Waals surface area contributed by atoms with Crippen LogP contribution < -0.4 is 5.32 Å². The Balaban J connectivity index is 2.65. The molecule has 3 N–H and O–H groups in total. The molecule has 0 radical (unpaired) electrons. The molecule has 1 amide bonds. The number of nitrogens with one attached hydrogen (secondary N) is 1. The number of aromatic hydroxyl groups is 2. The first kappa shape index (κ1) is 9.38. The average molecular weight is 181 g/mol. The second-order valence-corrected chi connectivity index (χ2v) is 2.61. The highest BCUT2D eigenvalue weighted by molar-refractivity contribution is 5.47. The maximum atomic E-state index is 9.92. The molecule has 0 spiro atoms. The molecule has 0 saturated heterocycles. The number of phenolic OH excluding ortho intramolecular Hbond substituents is 2. The van der Waals surface area contributed by atoms with Gasteiger partial charge in [0.1, 0.15) is 0 Å². The van der Waals surface area contributed by atoms with Crippen LogP contribution >= 0.6 is 0 Å². The van der Waals surface area contributed by atoms with Crippen LogP contribution in [0.2, 0.25) is 0 Å². The predicted octanol–water partition coefficient (Wildman–Crippen LogP) is 0.386. The molecule has 0 atom stereocenters. The number of amides is 1. The maximum absolute atomic E-state index is 9.92. The lowest BCUT2D eigenvalue weighted by molar-refractivity contribution is -0.109. The lowest BCUT2D eigenvalue weighted by atomic mass is 10.1. The van der Waals surface area contributed by atoms with E-state index in [-0.39, 0.29) is 11.5 Å². The van der Waals surface area contributed by atoms with Crippen molar-refractivity contribution in [3.8, 4) is 11.5 Å². The van der Waals surface area contributed by atoms with Gasteiger partial charge in [-0.3, -0.25) is 4.79 Å². The first-order chi connectivity index (χ1) is 6.25. The SMILES string of the molecule is O=CNCCc1cccc(O)c1O. The van der Waals surface area contributed by atoms with Gasteiger partial charge in [0.2, 0.25) is 6.41 Å². The van der Waals surface area contributed by atoms with E-state index >= 15 is 0 Å². The van der Waals surface area contributed by atoms with E-state index in [0.717, 1.165) is 0 Å². The number of para-hydroxylation sites is 1. The Bertz CT molecular complexity index is 299. The molecular formula is C9H11NO3. The van der Waals surface area contributed by atoms with Gasteiger partial charge in [0.05, 0.1) is 0 Å². The number of hydrogen-bond donors (Lipinski definition) is 3. The summed E-state index contributed by atoms with van der Waals surface area (Å²) < 4.78 is 0. The van der Waals surface area contributed by atoms with Crippen molar-refractivity contribution in [3.63, 3.8) is 0 Å². The van der Waals surface area contributed by atoms with Crippen LogP contribution in [0.1, 0.15) is 5.56 Å². The molecule has 0 aliphatic carbocycles. The van der Waals surface area contributed by atoms with Crippen LogP contribution in [-0.2, 0) is 11.2 Å². The van der Waals surface area contributed by atoms with E-state index in [0.29, 0.717) is 24.9 Å². The van der Waals surface area contributed by atoms with Crippen molar-refractivity contribution in [2.45, 2.75) is 6.42 Å². The van der Waals surface area contributed by atoms with Crippen LogP contribution in [-0.4, -0.2) is 23.2 Å². The third kappa shape index (κ3) is 2.37. The van der Waals surface area contributed by atoms with Gasteiger partial charge < -0.3 is 15.5 Å². The zero-order chi connectivity index (χ0) is 9.68. The van der Waals surface area contributed by atoms with Crippen molar-refractivity contribution in [1.29, 1.82) is 0 Å². The lowest BCUT2D eigenvalue weighted by Gasteiger charge is -2.04. The van der Waals surface area contributed by atoms with Gasteiger partial charge in [-0.25, -0.2) is 0 Å². The van der Waals surface area contributed by atoms with Crippen molar-refractivity contribution < 1.29 is 15.0 Å². The summed E-state index contributed by atoms with van der Waals surface area (Å²) >= 11 is 0. The molecule has 13 heavy (non-hydrogen) atoms. The number of carbonyl (C=O) groups is 1. The Morgan fingerprint density at radius 3 is 2.85 bits per heavy atom. The molecule has 1 rings (SSSR count). The van der Waals surface area contributed by atoms with E-state index in [9.17, 15) is 9.90 Å². The van der Waals surface area contributed by atoms with Gasteiger partial charge in [0, 0.05) is 6.54 Å².